The predicted octanol–water partition coefficient (Wildman–Crippen LogP) is 3.93. The monoisotopic (exact) mass is 415 g/mol. The molecule has 2 N–H and O–H groups in total. The van der Waals surface area contributed by atoms with Crippen LogP contribution in [0, 0.1) is 0 Å². The largest absolute Gasteiger partial charge is 0.493 e. The molecular weight excluding hydrogens is 398 g/mol. The number of alkyl halides is 1. The van der Waals surface area contributed by atoms with E-state index < -0.39 is 11.9 Å². The number of hydrogen-bond acceptors (Lipinski definition) is 6. The number of ether oxygens (including phenoxy) is 3. The van der Waals surface area contributed by atoms with Gasteiger partial charge >= 0.3 is 6.03 Å². The quantitative estimate of drug-likeness (QED) is 0.592. The van der Waals surface area contributed by atoms with Crippen molar-refractivity contribution in [1.29, 1.82) is 0 Å². The molecule has 0 aliphatic carbocycles. The molecule has 0 bridgehead atoms. The van der Waals surface area contributed by atoms with Gasteiger partial charge in [0, 0.05) is 23.3 Å². The fraction of sp³-hybridized carbons (Fsp3) is 0.150. The maximum atomic E-state index is 11.7. The van der Waals surface area contributed by atoms with Gasteiger partial charge in [-0.3, -0.25) is 15.1 Å². The van der Waals surface area contributed by atoms with Crippen molar-refractivity contribution < 1.29 is 23.8 Å². The molecule has 3 aromatic rings. The van der Waals surface area contributed by atoms with Gasteiger partial charge in [0.25, 0.3) is 0 Å². The number of methoxy groups -OCH3 is 2. The average molecular weight is 416 g/mol. The summed E-state index contributed by atoms with van der Waals surface area (Å²) in [5, 5.41) is 5.38. The van der Waals surface area contributed by atoms with Crippen molar-refractivity contribution in [3.63, 3.8) is 0 Å². The van der Waals surface area contributed by atoms with E-state index in [2.05, 4.69) is 15.6 Å². The summed E-state index contributed by atoms with van der Waals surface area (Å²) in [6.07, 6.45) is 1.64. The first-order valence-electron chi connectivity index (χ1n) is 8.49. The summed E-state index contributed by atoms with van der Waals surface area (Å²) in [6, 6.07) is 11.3. The number of carbonyl (C=O) groups is 2. The van der Waals surface area contributed by atoms with Crippen LogP contribution in [-0.2, 0) is 4.79 Å². The van der Waals surface area contributed by atoms with Crippen LogP contribution >= 0.6 is 11.6 Å². The molecule has 9 heteroatoms. The highest BCUT2D eigenvalue weighted by atomic mass is 35.5. The molecule has 2 aromatic carbocycles. The van der Waals surface area contributed by atoms with E-state index in [9.17, 15) is 9.59 Å². The minimum atomic E-state index is -0.662. The van der Waals surface area contributed by atoms with E-state index in [1.807, 2.05) is 0 Å². The zero-order valence-electron chi connectivity index (χ0n) is 15.7. The molecule has 1 heterocycles. The summed E-state index contributed by atoms with van der Waals surface area (Å²) < 4.78 is 16.6. The fourth-order valence-electron chi connectivity index (χ4n) is 2.59. The van der Waals surface area contributed by atoms with Gasteiger partial charge in [-0.25, -0.2) is 4.79 Å². The number of aromatic nitrogens is 1. The number of halogens is 1. The molecule has 0 aliphatic heterocycles. The van der Waals surface area contributed by atoms with Gasteiger partial charge in [-0.2, -0.15) is 0 Å². The van der Waals surface area contributed by atoms with Gasteiger partial charge < -0.3 is 19.5 Å². The molecule has 8 nitrogen and oxygen atoms in total. The van der Waals surface area contributed by atoms with Crippen LogP contribution in [0.1, 0.15) is 0 Å². The molecule has 0 saturated carbocycles. The Morgan fingerprint density at radius 1 is 1.00 bits per heavy atom. The lowest BCUT2D eigenvalue weighted by Gasteiger charge is -2.12. The van der Waals surface area contributed by atoms with Gasteiger partial charge in [0.2, 0.25) is 5.91 Å². The van der Waals surface area contributed by atoms with E-state index in [0.717, 1.165) is 5.39 Å². The second kappa shape index (κ2) is 9.11. The summed E-state index contributed by atoms with van der Waals surface area (Å²) in [4.78, 5) is 27.1. The zero-order chi connectivity index (χ0) is 20.8. The van der Waals surface area contributed by atoms with Crippen LogP contribution in [0.25, 0.3) is 10.9 Å². The van der Waals surface area contributed by atoms with E-state index in [-0.39, 0.29) is 5.88 Å². The van der Waals surface area contributed by atoms with Crippen molar-refractivity contribution in [3.8, 4) is 23.0 Å². The molecule has 0 fully saturated rings. The van der Waals surface area contributed by atoms with E-state index in [1.54, 1.807) is 62.9 Å². The number of hydrogen-bond donors (Lipinski definition) is 2. The Labute approximate surface area is 171 Å². The van der Waals surface area contributed by atoms with Crippen molar-refractivity contribution in [2.45, 2.75) is 0 Å². The highest BCUT2D eigenvalue weighted by molar-refractivity contribution is 6.28. The van der Waals surface area contributed by atoms with Crippen LogP contribution in [0.15, 0.2) is 48.7 Å². The normalized spacial score (nSPS) is 10.3. The van der Waals surface area contributed by atoms with E-state index in [0.29, 0.717) is 34.2 Å². The van der Waals surface area contributed by atoms with E-state index in [1.165, 1.54) is 0 Å². The Morgan fingerprint density at radius 2 is 1.69 bits per heavy atom. The van der Waals surface area contributed by atoms with E-state index >= 15 is 0 Å². The lowest BCUT2D eigenvalue weighted by molar-refractivity contribution is -0.117. The minimum Gasteiger partial charge on any atom is -0.493 e. The number of imide groups is 1. The van der Waals surface area contributed by atoms with Gasteiger partial charge in [0.05, 0.1) is 19.7 Å². The molecule has 3 amide bonds. The Bertz CT molecular complexity index is 1040. The standard InChI is InChI=1S/C20H18ClN3O5/c1-27-17-9-14-15(10-18(17)28-2)22-8-7-16(14)29-13-5-3-12(4-6-13)23-20(26)24-19(25)11-21/h3-10H,11H2,1-2H3,(H2,23,24,25,26). The maximum Gasteiger partial charge on any atom is 0.325 e. The number of nitrogens with zero attached hydrogens (tertiary/aromatic N) is 1. The molecule has 29 heavy (non-hydrogen) atoms. The van der Waals surface area contributed by atoms with Crippen LogP contribution < -0.4 is 24.8 Å². The first-order valence-corrected chi connectivity index (χ1v) is 9.03. The van der Waals surface area contributed by atoms with E-state index in [4.69, 9.17) is 25.8 Å². The molecule has 0 atom stereocenters. The van der Waals surface area contributed by atoms with Crippen LogP contribution in [0.4, 0.5) is 10.5 Å². The molecular formula is C20H18ClN3O5. The van der Waals surface area contributed by atoms with Crippen LogP contribution in [0.2, 0.25) is 0 Å². The number of pyridine rings is 1. The van der Waals surface area contributed by atoms with Crippen molar-refractivity contribution in [2.24, 2.45) is 0 Å². The molecule has 3 rings (SSSR count). The highest BCUT2D eigenvalue weighted by Gasteiger charge is 2.12. The minimum absolute atomic E-state index is 0.295. The average Bonchev–Trinajstić information content (AvgIpc) is 2.74. The third-order valence-corrected chi connectivity index (χ3v) is 4.16. The number of benzene rings is 2. The zero-order valence-corrected chi connectivity index (χ0v) is 16.4. The Balaban J connectivity index is 1.79. The lowest BCUT2D eigenvalue weighted by atomic mass is 10.2. The highest BCUT2D eigenvalue weighted by Crippen LogP contribution is 2.36. The number of anilines is 1. The SMILES string of the molecule is COc1cc2nccc(Oc3ccc(NC(=O)NC(=O)CCl)cc3)c2cc1OC. The summed E-state index contributed by atoms with van der Waals surface area (Å²) in [7, 11) is 3.12. The molecule has 0 saturated heterocycles. The number of amides is 3. The van der Waals surface area contributed by atoms with Crippen LogP contribution in [0.3, 0.4) is 0 Å². The van der Waals surface area contributed by atoms with Gasteiger partial charge in [-0.05, 0) is 36.4 Å². The van der Waals surface area contributed by atoms with Crippen LogP contribution in [0.5, 0.6) is 23.0 Å². The molecule has 0 aliphatic rings. The Morgan fingerprint density at radius 3 is 2.34 bits per heavy atom. The second-order valence-electron chi connectivity index (χ2n) is 5.80. The smallest absolute Gasteiger partial charge is 0.325 e. The number of rotatable bonds is 6. The predicted molar refractivity (Wildman–Crippen MR) is 109 cm³/mol. The fourth-order valence-corrected chi connectivity index (χ4v) is 2.66. The molecule has 1 aromatic heterocycles. The number of carbonyl (C=O) groups excluding carboxylic acids is 2. The van der Waals surface area contributed by atoms with Crippen molar-refractivity contribution in [2.75, 3.05) is 25.4 Å². The number of fused-ring (bicyclic) bond motifs is 1. The number of nitrogens with one attached hydrogen (secondary N) is 2. The molecule has 0 spiro atoms. The van der Waals surface area contributed by atoms with Gasteiger partial charge in [-0.1, -0.05) is 0 Å². The molecule has 150 valence electrons. The van der Waals surface area contributed by atoms with Crippen molar-refractivity contribution in [3.05, 3.63) is 48.7 Å². The third-order valence-electron chi connectivity index (χ3n) is 3.92. The summed E-state index contributed by atoms with van der Waals surface area (Å²) >= 11 is 5.35. The molecule has 0 unspecified atom stereocenters. The van der Waals surface area contributed by atoms with Gasteiger partial charge in [0.1, 0.15) is 17.4 Å². The topological polar surface area (TPSA) is 98.8 Å². The summed E-state index contributed by atoms with van der Waals surface area (Å²) in [5.74, 6) is 1.40. The first kappa shape index (κ1) is 20.2. The van der Waals surface area contributed by atoms with Crippen LogP contribution in [-0.4, -0.2) is 37.0 Å². The lowest BCUT2D eigenvalue weighted by Crippen LogP contribution is -2.35. The Hall–Kier alpha value is -3.52. The van der Waals surface area contributed by atoms with Crippen molar-refractivity contribution in [1.82, 2.24) is 10.3 Å². The maximum absolute atomic E-state index is 11.7. The van der Waals surface area contributed by atoms with Crippen molar-refractivity contribution >= 4 is 40.1 Å². The summed E-state index contributed by atoms with van der Waals surface area (Å²) in [6.45, 7) is 0. The van der Waals surface area contributed by atoms with Gasteiger partial charge in [-0.15, -0.1) is 11.6 Å². The summed E-state index contributed by atoms with van der Waals surface area (Å²) in [5.41, 5.74) is 1.18. The third kappa shape index (κ3) is 4.85. The second-order valence-corrected chi connectivity index (χ2v) is 6.06. The number of urea groups is 1. The van der Waals surface area contributed by atoms with Gasteiger partial charge in [0.15, 0.2) is 11.5 Å². The first-order chi connectivity index (χ1) is 14.0. The molecule has 0 radical (unpaired) electrons. The Kier molecular flexibility index (Phi) is 6.36.